The van der Waals surface area contributed by atoms with Crippen molar-refractivity contribution in [2.75, 3.05) is 82.6 Å². The molecule has 0 radical (unpaired) electrons. The third kappa shape index (κ3) is 25.9. The Bertz CT molecular complexity index is 2480. The van der Waals surface area contributed by atoms with Crippen LogP contribution in [0.1, 0.15) is 194 Å². The van der Waals surface area contributed by atoms with Gasteiger partial charge >= 0.3 is 31.7 Å². The van der Waals surface area contributed by atoms with Gasteiger partial charge in [-0.2, -0.15) is 5.10 Å². The van der Waals surface area contributed by atoms with Gasteiger partial charge in [0.2, 0.25) is 5.75 Å². The van der Waals surface area contributed by atoms with Crippen LogP contribution in [0.2, 0.25) is 0 Å². The Morgan fingerprint density at radius 3 is 1.94 bits per heavy atom. The summed E-state index contributed by atoms with van der Waals surface area (Å²) in [5.74, 6) is -0.445. The summed E-state index contributed by atoms with van der Waals surface area (Å²) in [6.45, 7) is 1.38. The molecule has 3 N–H and O–H groups in total. The Labute approximate surface area is 486 Å². The number of nitrogens with one attached hydrogen (secondary N) is 2. The van der Waals surface area contributed by atoms with Crippen LogP contribution in [0.5, 0.6) is 17.2 Å². The molecular formula is C60H95N5O16P+. The van der Waals surface area contributed by atoms with Crippen molar-refractivity contribution in [3.8, 4) is 28.4 Å². The number of amides is 1. The number of fused-ring (bicyclic) bond motifs is 3. The second kappa shape index (κ2) is 37.6. The summed E-state index contributed by atoms with van der Waals surface area (Å²) in [7, 11) is 7.21. The van der Waals surface area contributed by atoms with Crippen molar-refractivity contribution < 1.29 is 80.1 Å². The first kappa shape index (κ1) is 68.9. The van der Waals surface area contributed by atoms with Crippen molar-refractivity contribution in [3.63, 3.8) is 0 Å². The van der Waals surface area contributed by atoms with E-state index >= 15 is 0 Å². The summed E-state index contributed by atoms with van der Waals surface area (Å²) < 4.78 is 61.9. The van der Waals surface area contributed by atoms with E-state index in [1.807, 2.05) is 27.2 Å². The van der Waals surface area contributed by atoms with Crippen LogP contribution in [-0.4, -0.2) is 143 Å². The number of aromatic nitrogens is 3. The Morgan fingerprint density at radius 2 is 1.34 bits per heavy atom. The van der Waals surface area contributed by atoms with Gasteiger partial charge in [-0.3, -0.25) is 33.3 Å². The van der Waals surface area contributed by atoms with Crippen LogP contribution in [0.15, 0.2) is 24.3 Å². The lowest BCUT2D eigenvalue weighted by Crippen LogP contribution is -2.37. The van der Waals surface area contributed by atoms with Crippen LogP contribution in [0.25, 0.3) is 11.1 Å². The number of likely N-dealkylation sites (N-methyl/N-ethyl adjacent to an activating group) is 1. The number of quaternary nitrogens is 1. The average Bonchev–Trinajstić information content (AvgIpc) is 4.02. The lowest BCUT2D eigenvalue weighted by molar-refractivity contribution is -0.870. The summed E-state index contributed by atoms with van der Waals surface area (Å²) in [4.78, 5) is 79.1. The van der Waals surface area contributed by atoms with Gasteiger partial charge < -0.3 is 47.9 Å². The zero-order valence-corrected chi connectivity index (χ0v) is 51.1. The van der Waals surface area contributed by atoms with Crippen molar-refractivity contribution >= 4 is 37.6 Å². The molecule has 3 atom stereocenters. The highest BCUT2D eigenvalue weighted by Crippen LogP contribution is 2.50. The molecule has 1 heterocycles. The predicted octanol–water partition coefficient (Wildman–Crippen LogP) is 10.6. The molecule has 0 spiro atoms. The second-order valence-electron chi connectivity index (χ2n) is 22.0. The normalized spacial score (nSPS) is 14.1. The monoisotopic (exact) mass is 1170 g/mol. The SMILES string of the molecule is CCCCCCCCCCCCCCCC(=O)OCC(COP(=O)(O)OCC[N+](C)(C)C)OC(=O)CCCCCCCCCc1n[nH]c(CC(=O)OCC(=O)N[C@H]2CCc3cc(OC)c(OC)c(OC)c3-c3ccc(C(=O)OC)cc32)n1. The molecule has 82 heavy (non-hydrogen) atoms. The summed E-state index contributed by atoms with van der Waals surface area (Å²) in [6, 6.07) is 6.42. The molecule has 0 fully saturated rings. The summed E-state index contributed by atoms with van der Waals surface area (Å²) in [6.07, 6.45) is 22.1. The maximum Gasteiger partial charge on any atom is 0.472 e. The van der Waals surface area contributed by atoms with Gasteiger partial charge in [-0.05, 0) is 67.0 Å². The summed E-state index contributed by atoms with van der Waals surface area (Å²) >= 11 is 0. The number of hydrogen-bond acceptors (Lipinski definition) is 17. The van der Waals surface area contributed by atoms with Crippen molar-refractivity contribution in [2.45, 2.75) is 186 Å². The van der Waals surface area contributed by atoms with Gasteiger partial charge in [0.15, 0.2) is 30.0 Å². The third-order valence-corrected chi connectivity index (χ3v) is 15.2. The molecule has 0 bridgehead atoms. The Kier molecular flexibility index (Phi) is 31.6. The second-order valence-corrected chi connectivity index (χ2v) is 23.5. The van der Waals surface area contributed by atoms with Gasteiger partial charge in [-0.15, -0.1) is 0 Å². The summed E-state index contributed by atoms with van der Waals surface area (Å²) in [5, 5.41) is 10.0. The minimum Gasteiger partial charge on any atom is -0.493 e. The molecule has 1 amide bonds. The minimum atomic E-state index is -4.46. The number of phosphoric ester groups is 1. The van der Waals surface area contributed by atoms with E-state index in [4.69, 9.17) is 42.2 Å². The number of benzene rings is 2. The van der Waals surface area contributed by atoms with E-state index in [0.717, 1.165) is 74.5 Å². The number of carbonyl (C=O) groups excluding carboxylic acids is 5. The van der Waals surface area contributed by atoms with E-state index in [1.54, 1.807) is 25.3 Å². The fourth-order valence-corrected chi connectivity index (χ4v) is 10.5. The van der Waals surface area contributed by atoms with E-state index < -0.39 is 63.0 Å². The number of ether oxygens (including phenoxy) is 7. The largest absolute Gasteiger partial charge is 0.493 e. The molecule has 0 saturated carbocycles. The van der Waals surface area contributed by atoms with Gasteiger partial charge in [0.1, 0.15) is 32.0 Å². The molecule has 0 saturated heterocycles. The molecular weight excluding hydrogens is 1080 g/mol. The zero-order chi connectivity index (χ0) is 59.8. The molecule has 1 aliphatic carbocycles. The van der Waals surface area contributed by atoms with Crippen molar-refractivity contribution in [3.05, 3.63) is 52.6 Å². The molecule has 21 nitrogen and oxygen atoms in total. The highest BCUT2D eigenvalue weighted by atomic mass is 31.2. The van der Waals surface area contributed by atoms with Gasteiger partial charge in [-0.1, -0.05) is 122 Å². The van der Waals surface area contributed by atoms with Crippen LogP contribution >= 0.6 is 7.82 Å². The van der Waals surface area contributed by atoms with Crippen molar-refractivity contribution in [1.82, 2.24) is 20.5 Å². The van der Waals surface area contributed by atoms with Crippen molar-refractivity contribution in [1.29, 1.82) is 0 Å². The van der Waals surface area contributed by atoms with E-state index in [2.05, 4.69) is 27.4 Å². The molecule has 1 aliphatic rings. The zero-order valence-electron chi connectivity index (χ0n) is 50.2. The quantitative estimate of drug-likeness (QED) is 0.0156. The number of phosphoric acid groups is 1. The van der Waals surface area contributed by atoms with E-state index in [-0.39, 0.29) is 32.5 Å². The molecule has 3 aromatic rings. The van der Waals surface area contributed by atoms with E-state index in [1.165, 1.54) is 79.1 Å². The minimum absolute atomic E-state index is 0.0169. The molecule has 1 aromatic heterocycles. The number of carbonyl (C=O) groups is 5. The molecule has 2 aromatic carbocycles. The summed E-state index contributed by atoms with van der Waals surface area (Å²) in [5.41, 5.74) is 3.30. The number of H-pyrrole nitrogens is 1. The first-order chi connectivity index (χ1) is 39.4. The topological polar surface area (TPSA) is 259 Å². The van der Waals surface area contributed by atoms with Crippen LogP contribution in [0, 0.1) is 0 Å². The third-order valence-electron chi connectivity index (χ3n) is 14.3. The lowest BCUT2D eigenvalue weighted by Gasteiger charge is -2.24. The number of rotatable bonds is 43. The maximum absolute atomic E-state index is 13.3. The number of hydrogen-bond donors (Lipinski definition) is 3. The van der Waals surface area contributed by atoms with Gasteiger partial charge in [-0.25, -0.2) is 14.3 Å². The Balaban J connectivity index is 1.12. The number of aryl methyl sites for hydroxylation is 2. The Hall–Kier alpha value is -5.60. The molecule has 4 rings (SSSR count). The molecule has 0 aliphatic heterocycles. The number of unbranched alkanes of at least 4 members (excludes halogenated alkanes) is 18. The maximum atomic E-state index is 13.3. The molecule has 22 heteroatoms. The van der Waals surface area contributed by atoms with Crippen LogP contribution in [-0.2, 0) is 71.0 Å². The number of methoxy groups -OCH3 is 4. The van der Waals surface area contributed by atoms with Crippen LogP contribution < -0.4 is 19.5 Å². The van der Waals surface area contributed by atoms with Crippen LogP contribution in [0.3, 0.4) is 0 Å². The number of aromatic amines is 1. The first-order valence-corrected chi connectivity index (χ1v) is 31.1. The fourth-order valence-electron chi connectivity index (χ4n) is 9.71. The molecule has 2 unspecified atom stereocenters. The van der Waals surface area contributed by atoms with Crippen molar-refractivity contribution in [2.24, 2.45) is 0 Å². The van der Waals surface area contributed by atoms with Gasteiger partial charge in [0.25, 0.3) is 5.91 Å². The smallest absolute Gasteiger partial charge is 0.472 e. The number of esters is 4. The first-order valence-electron chi connectivity index (χ1n) is 29.6. The van der Waals surface area contributed by atoms with Gasteiger partial charge in [0.05, 0.1) is 67.8 Å². The van der Waals surface area contributed by atoms with Gasteiger partial charge in [0, 0.05) is 24.8 Å². The Morgan fingerprint density at radius 1 is 0.732 bits per heavy atom. The molecule has 460 valence electrons. The lowest BCUT2D eigenvalue weighted by atomic mass is 9.92. The van der Waals surface area contributed by atoms with E-state index in [9.17, 15) is 33.4 Å². The fraction of sp³-hybridized carbons (Fsp3) is 0.683. The van der Waals surface area contributed by atoms with E-state index in [0.29, 0.717) is 83.2 Å². The predicted molar refractivity (Wildman–Crippen MR) is 310 cm³/mol. The van der Waals surface area contributed by atoms with Crippen LogP contribution in [0.4, 0.5) is 0 Å². The standard InChI is InChI=1S/C60H94N5O16P/c1-9-10-11-12-13-14-15-16-17-18-21-24-27-30-54(67)77-41-46(42-80-82(71,72)79-37-36-65(2,3)4)81-55(68)31-28-25-22-19-20-23-26-29-51-62-52(64-63-51)40-56(69)78-43-53(66)61-49-35-33-44-39-50(73-5)58(74-6)59(75-7)57(44)47-34-32-45(38-48(47)49)60(70)76-8/h32,34,38-39,46,49H,9-31,33,35-37,40-43H2,1-8H3,(H2-,61,62,63,64,66,71,72)/p+1/t46?,49-/m0/s1. The number of nitrogens with zero attached hydrogens (tertiary/aromatic N) is 3. The highest BCUT2D eigenvalue weighted by molar-refractivity contribution is 7.47. The average molecular weight is 1170 g/mol. The highest BCUT2D eigenvalue weighted by Gasteiger charge is 2.31.